The maximum absolute atomic E-state index is 13.1. The zero-order chi connectivity index (χ0) is 23.5. The van der Waals surface area contributed by atoms with Crippen molar-refractivity contribution in [2.24, 2.45) is 5.92 Å². The van der Waals surface area contributed by atoms with Gasteiger partial charge in [0.05, 0.1) is 41.0 Å². The van der Waals surface area contributed by atoms with Crippen LogP contribution in [0, 0.1) is 5.92 Å². The van der Waals surface area contributed by atoms with Crippen LogP contribution in [0.1, 0.15) is 40.5 Å². The summed E-state index contributed by atoms with van der Waals surface area (Å²) in [6.07, 6.45) is 1.78. The Balaban J connectivity index is 1.93. The number of hydrogen-bond donors (Lipinski definition) is 1. The molecule has 0 aliphatic carbocycles. The van der Waals surface area contributed by atoms with Crippen molar-refractivity contribution in [2.75, 3.05) is 32.0 Å². The lowest BCUT2D eigenvalue weighted by atomic mass is 9.98. The SMILES string of the molecule is COC(=O)c1ccc(Cl)c(NS(=O)(=O)c2ccc(OC)c(C(=O)N3CCC(C)CC3)c2)c1. The van der Waals surface area contributed by atoms with Crippen molar-refractivity contribution < 1.29 is 27.5 Å². The number of anilines is 1. The highest BCUT2D eigenvalue weighted by atomic mass is 35.5. The first-order valence-electron chi connectivity index (χ1n) is 10.0. The van der Waals surface area contributed by atoms with Crippen molar-refractivity contribution in [1.29, 1.82) is 0 Å². The predicted octanol–water partition coefficient (Wildman–Crippen LogP) is 3.81. The third-order valence-corrected chi connectivity index (χ3v) is 7.11. The second-order valence-electron chi connectivity index (χ2n) is 7.63. The third-order valence-electron chi connectivity index (χ3n) is 5.41. The topological polar surface area (TPSA) is 102 Å². The number of benzene rings is 2. The Kier molecular flexibility index (Phi) is 7.30. The van der Waals surface area contributed by atoms with E-state index in [-0.39, 0.29) is 32.6 Å². The van der Waals surface area contributed by atoms with Crippen LogP contribution in [0.3, 0.4) is 0 Å². The number of piperidine rings is 1. The normalized spacial score (nSPS) is 14.7. The van der Waals surface area contributed by atoms with Gasteiger partial charge in [-0.3, -0.25) is 9.52 Å². The second-order valence-corrected chi connectivity index (χ2v) is 9.72. The maximum atomic E-state index is 13.1. The van der Waals surface area contributed by atoms with E-state index in [1.54, 1.807) is 4.90 Å². The Bertz CT molecular complexity index is 1130. The van der Waals surface area contributed by atoms with Crippen molar-refractivity contribution in [2.45, 2.75) is 24.7 Å². The third kappa shape index (κ3) is 5.16. The van der Waals surface area contributed by atoms with Gasteiger partial charge >= 0.3 is 5.97 Å². The fraction of sp³-hybridized carbons (Fsp3) is 0.364. The van der Waals surface area contributed by atoms with Crippen LogP contribution in [0.25, 0.3) is 0 Å². The summed E-state index contributed by atoms with van der Waals surface area (Å²) < 4.78 is 38.4. The zero-order valence-electron chi connectivity index (χ0n) is 18.1. The molecule has 0 radical (unpaired) electrons. The number of nitrogens with one attached hydrogen (secondary N) is 1. The van der Waals surface area contributed by atoms with Crippen LogP contribution >= 0.6 is 11.6 Å². The number of amides is 1. The molecular formula is C22H25ClN2O6S. The van der Waals surface area contributed by atoms with Gasteiger partial charge in [0, 0.05) is 13.1 Å². The van der Waals surface area contributed by atoms with E-state index in [4.69, 9.17) is 16.3 Å². The highest BCUT2D eigenvalue weighted by Gasteiger charge is 2.26. The van der Waals surface area contributed by atoms with E-state index in [1.165, 1.54) is 50.6 Å². The molecule has 10 heteroatoms. The highest BCUT2D eigenvalue weighted by molar-refractivity contribution is 7.92. The van der Waals surface area contributed by atoms with E-state index >= 15 is 0 Å². The molecule has 1 heterocycles. The Morgan fingerprint density at radius 3 is 2.41 bits per heavy atom. The highest BCUT2D eigenvalue weighted by Crippen LogP contribution is 2.29. The minimum absolute atomic E-state index is 0.0169. The van der Waals surface area contributed by atoms with E-state index in [0.717, 1.165) is 12.8 Å². The van der Waals surface area contributed by atoms with Gasteiger partial charge in [-0.05, 0) is 55.2 Å². The summed E-state index contributed by atoms with van der Waals surface area (Å²) in [5.41, 5.74) is 0.321. The largest absolute Gasteiger partial charge is 0.496 e. The summed E-state index contributed by atoms with van der Waals surface area (Å²) in [6.45, 7) is 3.35. The van der Waals surface area contributed by atoms with E-state index in [0.29, 0.717) is 24.8 Å². The first-order valence-corrected chi connectivity index (χ1v) is 11.9. The Labute approximate surface area is 192 Å². The summed E-state index contributed by atoms with van der Waals surface area (Å²) >= 11 is 6.12. The van der Waals surface area contributed by atoms with Crippen LogP contribution in [0.2, 0.25) is 5.02 Å². The monoisotopic (exact) mass is 480 g/mol. The molecular weight excluding hydrogens is 456 g/mol. The van der Waals surface area contributed by atoms with E-state index in [9.17, 15) is 18.0 Å². The molecule has 172 valence electrons. The molecule has 1 aliphatic heterocycles. The minimum Gasteiger partial charge on any atom is -0.496 e. The lowest BCUT2D eigenvalue weighted by Crippen LogP contribution is -2.38. The van der Waals surface area contributed by atoms with Crippen LogP contribution < -0.4 is 9.46 Å². The van der Waals surface area contributed by atoms with Crippen LogP contribution in [0.4, 0.5) is 5.69 Å². The molecule has 3 rings (SSSR count). The summed E-state index contributed by atoms with van der Waals surface area (Å²) in [5.74, 6) is -0.0764. The van der Waals surface area contributed by atoms with Gasteiger partial charge < -0.3 is 14.4 Å². The molecule has 0 atom stereocenters. The quantitative estimate of drug-likeness (QED) is 0.631. The molecule has 1 fully saturated rings. The Morgan fingerprint density at radius 2 is 1.78 bits per heavy atom. The minimum atomic E-state index is -4.12. The lowest BCUT2D eigenvalue weighted by Gasteiger charge is -2.30. The number of carbonyl (C=O) groups is 2. The van der Waals surface area contributed by atoms with Crippen molar-refractivity contribution in [1.82, 2.24) is 4.90 Å². The Hall–Kier alpha value is -2.78. The van der Waals surface area contributed by atoms with Crippen molar-refractivity contribution in [3.05, 3.63) is 52.5 Å². The fourth-order valence-corrected chi connectivity index (χ4v) is 4.77. The van der Waals surface area contributed by atoms with E-state index in [2.05, 4.69) is 16.4 Å². The smallest absolute Gasteiger partial charge is 0.337 e. The number of carbonyl (C=O) groups excluding carboxylic acids is 2. The van der Waals surface area contributed by atoms with Gasteiger partial charge in [0.2, 0.25) is 0 Å². The molecule has 1 aliphatic rings. The lowest BCUT2D eigenvalue weighted by molar-refractivity contribution is 0.0600. The molecule has 1 saturated heterocycles. The number of hydrogen-bond acceptors (Lipinski definition) is 6. The number of rotatable bonds is 6. The first-order chi connectivity index (χ1) is 15.2. The fourth-order valence-electron chi connectivity index (χ4n) is 3.46. The average Bonchev–Trinajstić information content (AvgIpc) is 2.79. The van der Waals surface area contributed by atoms with Crippen molar-refractivity contribution in [3.8, 4) is 5.75 Å². The number of ether oxygens (including phenoxy) is 2. The number of methoxy groups -OCH3 is 2. The molecule has 32 heavy (non-hydrogen) atoms. The molecule has 8 nitrogen and oxygen atoms in total. The average molecular weight is 481 g/mol. The van der Waals surface area contributed by atoms with Crippen molar-refractivity contribution >= 4 is 39.2 Å². The first kappa shape index (κ1) is 23.9. The summed E-state index contributed by atoms with van der Waals surface area (Å²) in [7, 11) is -1.47. The molecule has 2 aromatic carbocycles. The number of halogens is 1. The maximum Gasteiger partial charge on any atom is 0.337 e. The van der Waals surface area contributed by atoms with Crippen LogP contribution in [-0.4, -0.2) is 52.5 Å². The molecule has 0 aromatic heterocycles. The molecule has 0 bridgehead atoms. The summed E-state index contributed by atoms with van der Waals surface area (Å²) in [6, 6.07) is 8.19. The zero-order valence-corrected chi connectivity index (χ0v) is 19.6. The number of nitrogens with zero attached hydrogens (tertiary/aromatic N) is 1. The number of esters is 1. The van der Waals surface area contributed by atoms with Crippen LogP contribution in [0.5, 0.6) is 5.75 Å². The molecule has 0 saturated carbocycles. The molecule has 1 N–H and O–H groups in total. The second kappa shape index (κ2) is 9.79. The van der Waals surface area contributed by atoms with Crippen molar-refractivity contribution in [3.63, 3.8) is 0 Å². The summed E-state index contributed by atoms with van der Waals surface area (Å²) in [4.78, 5) is 26.4. The van der Waals surface area contributed by atoms with Gasteiger partial charge in [0.1, 0.15) is 5.75 Å². The number of sulfonamides is 1. The summed E-state index contributed by atoms with van der Waals surface area (Å²) in [5, 5.41) is 0.105. The molecule has 2 aromatic rings. The molecule has 0 spiro atoms. The number of likely N-dealkylation sites (tertiary alicyclic amines) is 1. The Morgan fingerprint density at radius 1 is 1.09 bits per heavy atom. The van der Waals surface area contributed by atoms with Gasteiger partial charge in [-0.2, -0.15) is 0 Å². The van der Waals surface area contributed by atoms with Gasteiger partial charge in [-0.25, -0.2) is 13.2 Å². The molecule has 1 amide bonds. The van der Waals surface area contributed by atoms with E-state index < -0.39 is 16.0 Å². The van der Waals surface area contributed by atoms with Gasteiger partial charge in [0.15, 0.2) is 0 Å². The van der Waals surface area contributed by atoms with Gasteiger partial charge in [-0.1, -0.05) is 18.5 Å². The van der Waals surface area contributed by atoms with E-state index in [1.807, 2.05) is 0 Å². The van der Waals surface area contributed by atoms with Crippen LogP contribution in [-0.2, 0) is 14.8 Å². The van der Waals surface area contributed by atoms with Gasteiger partial charge in [0.25, 0.3) is 15.9 Å². The molecule has 0 unspecified atom stereocenters. The predicted molar refractivity (Wildman–Crippen MR) is 121 cm³/mol. The standard InChI is InChI=1S/C22H25ClN2O6S/c1-14-8-10-25(11-9-14)21(26)17-13-16(5-7-20(17)30-2)32(28,29)24-19-12-15(22(27)31-3)4-6-18(19)23/h4-7,12-14,24H,8-11H2,1-3H3. The van der Waals surface area contributed by atoms with Crippen LogP contribution in [0.15, 0.2) is 41.3 Å². The van der Waals surface area contributed by atoms with Gasteiger partial charge in [-0.15, -0.1) is 0 Å².